The van der Waals surface area contributed by atoms with Gasteiger partial charge in [0, 0.05) is 30.1 Å². The topological polar surface area (TPSA) is 86.8 Å². The van der Waals surface area contributed by atoms with Gasteiger partial charge in [-0.05, 0) is 41.5 Å². The Morgan fingerprint density at radius 1 is 0.868 bits per heavy atom. The highest BCUT2D eigenvalue weighted by molar-refractivity contribution is 7.92. The highest BCUT2D eigenvalue weighted by Crippen LogP contribution is 2.28. The van der Waals surface area contributed by atoms with E-state index in [9.17, 15) is 18.0 Å². The number of nitrogens with one attached hydrogen (secondary N) is 1. The third-order valence-electron chi connectivity index (χ3n) is 5.67. The van der Waals surface area contributed by atoms with E-state index < -0.39 is 34.4 Å². The molecule has 0 unspecified atom stereocenters. The molecule has 2 amide bonds. The maximum Gasteiger partial charge on any atom is 0.244 e. The molecule has 0 aliphatic heterocycles. The molecule has 3 aromatic carbocycles. The van der Waals surface area contributed by atoms with Crippen molar-refractivity contribution in [3.05, 3.63) is 97.9 Å². The third-order valence-corrected chi connectivity index (χ3v) is 7.98. The van der Waals surface area contributed by atoms with Crippen molar-refractivity contribution in [1.82, 2.24) is 10.2 Å². The average Bonchev–Trinajstić information content (AvgIpc) is 2.85. The fraction of sp³-hybridized carbons (Fsp3) is 0.231. The van der Waals surface area contributed by atoms with Gasteiger partial charge in [0.25, 0.3) is 0 Å². The quantitative estimate of drug-likeness (QED) is 0.328. The number of nitrogens with zero attached hydrogens (tertiary/aromatic N) is 2. The molecule has 7 nitrogen and oxygen atoms in total. The molecule has 3 aromatic rings. The highest BCUT2D eigenvalue weighted by atomic mass is 35.5. The number of hydrogen-bond acceptors (Lipinski definition) is 4. The van der Waals surface area contributed by atoms with Gasteiger partial charge in [0.1, 0.15) is 12.6 Å². The minimum Gasteiger partial charge on any atom is -0.357 e. The molecule has 0 aromatic heterocycles. The first-order valence-electron chi connectivity index (χ1n) is 11.3. The van der Waals surface area contributed by atoms with Crippen LogP contribution in [0.4, 0.5) is 5.69 Å². The fourth-order valence-corrected chi connectivity index (χ4v) is 5.52. The number of anilines is 1. The lowest BCUT2D eigenvalue weighted by Crippen LogP contribution is -2.52. The maximum absolute atomic E-state index is 13.9. The molecule has 38 heavy (non-hydrogen) atoms. The molecule has 0 aliphatic carbocycles. The first-order chi connectivity index (χ1) is 17.9. The number of sulfonamides is 1. The van der Waals surface area contributed by atoms with Gasteiger partial charge in [-0.3, -0.25) is 13.9 Å². The van der Waals surface area contributed by atoms with Gasteiger partial charge in [0.2, 0.25) is 21.8 Å². The Morgan fingerprint density at radius 2 is 1.50 bits per heavy atom. The highest BCUT2D eigenvalue weighted by Gasteiger charge is 2.32. The summed E-state index contributed by atoms with van der Waals surface area (Å²) in [6.45, 7) is -0.631. The maximum atomic E-state index is 13.9. The second-order valence-electron chi connectivity index (χ2n) is 8.49. The van der Waals surface area contributed by atoms with Crippen LogP contribution >= 0.6 is 46.4 Å². The van der Waals surface area contributed by atoms with Gasteiger partial charge in [0.15, 0.2) is 0 Å². The van der Waals surface area contributed by atoms with Gasteiger partial charge in [-0.25, -0.2) is 8.42 Å². The van der Waals surface area contributed by atoms with E-state index in [1.165, 1.54) is 30.1 Å². The van der Waals surface area contributed by atoms with E-state index in [0.717, 1.165) is 16.1 Å². The number of hydrogen-bond donors (Lipinski definition) is 1. The van der Waals surface area contributed by atoms with Crippen LogP contribution in [0.3, 0.4) is 0 Å². The zero-order valence-corrected chi connectivity index (χ0v) is 24.3. The van der Waals surface area contributed by atoms with Crippen LogP contribution in [0.25, 0.3) is 0 Å². The molecule has 3 rings (SSSR count). The molecule has 0 aliphatic rings. The lowest BCUT2D eigenvalue weighted by molar-refractivity contribution is -0.139. The molecule has 0 bridgehead atoms. The second-order valence-corrected chi connectivity index (χ2v) is 12.1. The zero-order chi connectivity index (χ0) is 28.0. The molecule has 1 N–H and O–H groups in total. The van der Waals surface area contributed by atoms with Crippen molar-refractivity contribution < 1.29 is 18.0 Å². The van der Waals surface area contributed by atoms with Crippen molar-refractivity contribution >= 4 is 73.9 Å². The molecule has 0 fully saturated rings. The van der Waals surface area contributed by atoms with Gasteiger partial charge >= 0.3 is 0 Å². The number of likely N-dealkylation sites (N-methyl/N-ethyl adjacent to an activating group) is 1. The molecule has 202 valence electrons. The molecule has 0 saturated carbocycles. The van der Waals surface area contributed by atoms with E-state index in [0.29, 0.717) is 10.6 Å². The van der Waals surface area contributed by atoms with Crippen LogP contribution in [0, 0.1) is 0 Å². The molecule has 0 radical (unpaired) electrons. The first-order valence-corrected chi connectivity index (χ1v) is 14.7. The number of benzene rings is 3. The largest absolute Gasteiger partial charge is 0.357 e. The number of carbonyl (C=O) groups is 2. The molecule has 0 spiro atoms. The Hall–Kier alpha value is -2.49. The first kappa shape index (κ1) is 30.1. The van der Waals surface area contributed by atoms with Gasteiger partial charge in [-0.15, -0.1) is 0 Å². The predicted octanol–water partition coefficient (Wildman–Crippen LogP) is 5.45. The zero-order valence-electron chi connectivity index (χ0n) is 20.5. The van der Waals surface area contributed by atoms with E-state index >= 15 is 0 Å². The van der Waals surface area contributed by atoms with E-state index in [-0.39, 0.29) is 33.7 Å². The van der Waals surface area contributed by atoms with Crippen LogP contribution in [-0.2, 0) is 32.6 Å². The summed E-state index contributed by atoms with van der Waals surface area (Å²) in [5, 5.41) is 3.63. The van der Waals surface area contributed by atoms with E-state index in [4.69, 9.17) is 46.4 Å². The summed E-state index contributed by atoms with van der Waals surface area (Å²) in [4.78, 5) is 28.3. The summed E-state index contributed by atoms with van der Waals surface area (Å²) >= 11 is 24.5. The van der Waals surface area contributed by atoms with Crippen LogP contribution in [0.5, 0.6) is 0 Å². The van der Waals surface area contributed by atoms with Crippen molar-refractivity contribution in [2.75, 3.05) is 24.2 Å². The monoisotopic (exact) mass is 615 g/mol. The van der Waals surface area contributed by atoms with Crippen LogP contribution < -0.4 is 9.62 Å². The van der Waals surface area contributed by atoms with Crippen molar-refractivity contribution in [1.29, 1.82) is 0 Å². The summed E-state index contributed by atoms with van der Waals surface area (Å²) in [5.41, 5.74) is 1.54. The van der Waals surface area contributed by atoms with Crippen molar-refractivity contribution in [3.63, 3.8) is 0 Å². The summed E-state index contributed by atoms with van der Waals surface area (Å²) in [7, 11) is -2.48. The van der Waals surface area contributed by atoms with Gasteiger partial charge < -0.3 is 10.2 Å². The summed E-state index contributed by atoms with van der Waals surface area (Å²) < 4.78 is 26.4. The normalized spacial score (nSPS) is 12.1. The van der Waals surface area contributed by atoms with Crippen LogP contribution in [0.15, 0.2) is 66.7 Å². The van der Waals surface area contributed by atoms with E-state index in [1.54, 1.807) is 18.2 Å². The van der Waals surface area contributed by atoms with Crippen LogP contribution in [-0.4, -0.2) is 51.0 Å². The lowest BCUT2D eigenvalue weighted by atomic mass is 10.0. The summed E-state index contributed by atoms with van der Waals surface area (Å²) in [6, 6.07) is 17.3. The average molecular weight is 617 g/mol. The minimum absolute atomic E-state index is 0.0332. The second kappa shape index (κ2) is 13.0. The minimum atomic E-state index is -3.95. The molecular weight excluding hydrogens is 592 g/mol. The fourth-order valence-electron chi connectivity index (χ4n) is 3.85. The molecule has 0 heterocycles. The Morgan fingerprint density at radius 3 is 2.05 bits per heavy atom. The molecule has 12 heteroatoms. The number of amides is 2. The van der Waals surface area contributed by atoms with E-state index in [2.05, 4.69) is 5.32 Å². The third kappa shape index (κ3) is 8.01. The Kier molecular flexibility index (Phi) is 10.3. The summed E-state index contributed by atoms with van der Waals surface area (Å²) in [6.07, 6.45) is 1.16. The van der Waals surface area contributed by atoms with Gasteiger partial charge in [0.05, 0.1) is 22.0 Å². The van der Waals surface area contributed by atoms with Gasteiger partial charge in [-0.2, -0.15) is 0 Å². The molecule has 0 saturated heterocycles. The predicted molar refractivity (Wildman–Crippen MR) is 154 cm³/mol. The summed E-state index contributed by atoms with van der Waals surface area (Å²) in [5.74, 6) is -1.04. The smallest absolute Gasteiger partial charge is 0.244 e. The molecular formula is C26H25Cl4N3O4S. The Labute approximate surface area is 242 Å². The van der Waals surface area contributed by atoms with Crippen molar-refractivity contribution in [2.45, 2.75) is 19.0 Å². The lowest BCUT2D eigenvalue weighted by Gasteiger charge is -2.33. The van der Waals surface area contributed by atoms with Gasteiger partial charge in [-0.1, -0.05) is 82.8 Å². The standard InChI is InChI=1S/C26H25Cl4N3O4S/c1-31-26(35)24(11-17-6-4-3-5-7-17)32(15-18-8-9-22(29)23(30)10-18)25(34)16-33(38(2,36)37)21-13-19(27)12-20(28)14-21/h3-10,12-14,24H,11,15-16H2,1-2H3,(H,31,35)/t24-/m1/s1. The van der Waals surface area contributed by atoms with E-state index in [1.807, 2.05) is 30.3 Å². The number of halogens is 4. The van der Waals surface area contributed by atoms with Crippen LogP contribution in [0.2, 0.25) is 20.1 Å². The number of rotatable bonds is 10. The Balaban J connectivity index is 2.06. The molecule has 1 atom stereocenters. The van der Waals surface area contributed by atoms with Crippen molar-refractivity contribution in [3.8, 4) is 0 Å². The Bertz CT molecular complexity index is 1400. The SMILES string of the molecule is CNC(=O)[C@@H](Cc1ccccc1)N(Cc1ccc(Cl)c(Cl)c1)C(=O)CN(c1cc(Cl)cc(Cl)c1)S(C)(=O)=O. The number of carbonyl (C=O) groups excluding carboxylic acids is 2. The van der Waals surface area contributed by atoms with Crippen molar-refractivity contribution in [2.24, 2.45) is 0 Å². The van der Waals surface area contributed by atoms with Crippen LogP contribution in [0.1, 0.15) is 11.1 Å².